The Morgan fingerprint density at radius 1 is 1.31 bits per heavy atom. The number of hydrogen-bond donors (Lipinski definition) is 1. The topological polar surface area (TPSA) is 94.1 Å². The number of Topliss-reactive ketones (excluding diaryl/α,β-unsaturated/α-hetero) is 1. The van der Waals surface area contributed by atoms with Crippen LogP contribution in [0.2, 0.25) is 5.02 Å². The molecule has 29 heavy (non-hydrogen) atoms. The van der Waals surface area contributed by atoms with Crippen molar-refractivity contribution in [2.75, 3.05) is 6.61 Å². The van der Waals surface area contributed by atoms with Crippen LogP contribution in [-0.4, -0.2) is 39.4 Å². The van der Waals surface area contributed by atoms with Crippen molar-refractivity contribution in [3.05, 3.63) is 46.6 Å². The van der Waals surface area contributed by atoms with Crippen LogP contribution in [0.5, 0.6) is 5.88 Å². The molecule has 0 aliphatic rings. The number of ether oxygens (including phenoxy) is 1. The number of aromatic nitrogens is 3. The van der Waals surface area contributed by atoms with Gasteiger partial charge >= 0.3 is 6.18 Å². The second-order valence-electron chi connectivity index (χ2n) is 6.08. The van der Waals surface area contributed by atoms with Crippen LogP contribution in [0.25, 0.3) is 0 Å². The highest BCUT2D eigenvalue weighted by Gasteiger charge is 2.29. The maximum atomic E-state index is 12.4. The predicted molar refractivity (Wildman–Crippen MR) is 97.7 cm³/mol. The molecule has 11 heteroatoms. The number of amides is 1. The molecule has 1 N–H and O–H groups in total. The van der Waals surface area contributed by atoms with Gasteiger partial charge in [0.2, 0.25) is 5.88 Å². The third-order valence-corrected chi connectivity index (χ3v) is 4.01. The summed E-state index contributed by atoms with van der Waals surface area (Å²) < 4.78 is 41.2. The molecule has 0 fully saturated rings. The number of ketones is 1. The van der Waals surface area contributed by atoms with Crippen LogP contribution in [0, 0.1) is 0 Å². The van der Waals surface area contributed by atoms with Crippen LogP contribution >= 0.6 is 11.6 Å². The quantitative estimate of drug-likeness (QED) is 0.689. The molecular weight excluding hydrogens is 413 g/mol. The molecule has 1 amide bonds. The van der Waals surface area contributed by atoms with Gasteiger partial charge in [-0.25, -0.2) is 15.0 Å². The largest absolute Gasteiger partial charge is 0.467 e. The van der Waals surface area contributed by atoms with E-state index in [0.29, 0.717) is 12.0 Å². The van der Waals surface area contributed by atoms with Gasteiger partial charge in [0, 0.05) is 18.8 Å². The molecule has 0 saturated heterocycles. The van der Waals surface area contributed by atoms with E-state index in [9.17, 15) is 22.8 Å². The molecule has 0 aliphatic heterocycles. The highest BCUT2D eigenvalue weighted by Crippen LogP contribution is 2.27. The number of nitrogens with one attached hydrogen (secondary N) is 1. The summed E-state index contributed by atoms with van der Waals surface area (Å²) in [6, 6.07) is 2.19. The molecule has 1 unspecified atom stereocenters. The van der Waals surface area contributed by atoms with Crippen molar-refractivity contribution in [1.29, 1.82) is 0 Å². The maximum absolute atomic E-state index is 12.4. The monoisotopic (exact) mass is 430 g/mol. The average molecular weight is 431 g/mol. The first-order chi connectivity index (χ1) is 13.6. The second kappa shape index (κ2) is 9.64. The molecule has 0 aliphatic carbocycles. The molecule has 2 aromatic heterocycles. The van der Waals surface area contributed by atoms with Gasteiger partial charge in [-0.15, -0.1) is 0 Å². The molecule has 156 valence electrons. The average Bonchev–Trinajstić information content (AvgIpc) is 2.66. The number of pyridine rings is 1. The van der Waals surface area contributed by atoms with Crippen LogP contribution in [0.4, 0.5) is 13.2 Å². The number of hydrogen-bond acceptors (Lipinski definition) is 6. The molecule has 0 spiro atoms. The minimum atomic E-state index is -4.51. The first-order valence-corrected chi connectivity index (χ1v) is 8.96. The van der Waals surface area contributed by atoms with Crippen LogP contribution in [0.1, 0.15) is 48.2 Å². The van der Waals surface area contributed by atoms with E-state index in [2.05, 4.69) is 25.0 Å². The van der Waals surface area contributed by atoms with Gasteiger partial charge in [0.15, 0.2) is 6.61 Å². The molecule has 7 nitrogen and oxygen atoms in total. The van der Waals surface area contributed by atoms with Crippen molar-refractivity contribution in [2.45, 2.75) is 38.9 Å². The van der Waals surface area contributed by atoms with Crippen molar-refractivity contribution in [3.8, 4) is 5.88 Å². The first-order valence-electron chi connectivity index (χ1n) is 8.58. The van der Waals surface area contributed by atoms with Crippen molar-refractivity contribution >= 4 is 23.3 Å². The summed E-state index contributed by atoms with van der Waals surface area (Å²) in [6.45, 7) is 1.85. The van der Waals surface area contributed by atoms with Gasteiger partial charge in [0.25, 0.3) is 5.91 Å². The van der Waals surface area contributed by atoms with Crippen molar-refractivity contribution in [1.82, 2.24) is 20.3 Å². The Labute approximate surface area is 169 Å². The zero-order chi connectivity index (χ0) is 21.6. The Morgan fingerprint density at radius 3 is 2.66 bits per heavy atom. The van der Waals surface area contributed by atoms with Crippen LogP contribution in [0.3, 0.4) is 0 Å². The van der Waals surface area contributed by atoms with E-state index in [1.54, 1.807) is 13.8 Å². The molecular formula is C18H18ClF3N4O3. The standard InChI is InChI=1S/C18H18ClF3N4O3/c1-3-12(27)7-15-23-5-4-14(26-15)16(28)25-10(2)11-6-13(19)17(24-8-11)29-9-18(20,21)22/h4-6,8,10H,3,7,9H2,1-2H3,(H,25,28). The number of halogens is 4. The summed E-state index contributed by atoms with van der Waals surface area (Å²) >= 11 is 5.92. The summed E-state index contributed by atoms with van der Waals surface area (Å²) in [4.78, 5) is 35.7. The van der Waals surface area contributed by atoms with Crippen LogP contribution < -0.4 is 10.1 Å². The van der Waals surface area contributed by atoms with E-state index < -0.39 is 24.7 Å². The van der Waals surface area contributed by atoms with Gasteiger partial charge < -0.3 is 10.1 Å². The van der Waals surface area contributed by atoms with E-state index in [0.717, 1.165) is 0 Å². The minimum Gasteiger partial charge on any atom is -0.467 e. The fourth-order valence-corrected chi connectivity index (χ4v) is 2.43. The number of rotatable bonds is 8. The Balaban J connectivity index is 2.05. The maximum Gasteiger partial charge on any atom is 0.422 e. The smallest absolute Gasteiger partial charge is 0.422 e. The number of carbonyl (C=O) groups excluding carboxylic acids is 2. The normalized spacial score (nSPS) is 12.3. The zero-order valence-electron chi connectivity index (χ0n) is 15.6. The predicted octanol–water partition coefficient (Wildman–Crippen LogP) is 3.48. The Bertz CT molecular complexity index is 893. The van der Waals surface area contributed by atoms with Gasteiger partial charge in [0.1, 0.15) is 22.3 Å². The SMILES string of the molecule is CCC(=O)Cc1nccc(C(=O)NC(C)c2cnc(OCC(F)(F)F)c(Cl)c2)n1. The Morgan fingerprint density at radius 2 is 2.03 bits per heavy atom. The minimum absolute atomic E-state index is 0.0338. The summed E-state index contributed by atoms with van der Waals surface area (Å²) in [5.74, 6) is -0.677. The molecule has 0 saturated carbocycles. The summed E-state index contributed by atoms with van der Waals surface area (Å²) in [7, 11) is 0. The lowest BCUT2D eigenvalue weighted by molar-refractivity contribution is -0.154. The van der Waals surface area contributed by atoms with Crippen LogP contribution in [0.15, 0.2) is 24.5 Å². The van der Waals surface area contributed by atoms with E-state index in [1.807, 2.05) is 0 Å². The fraction of sp³-hybridized carbons (Fsp3) is 0.389. The number of nitrogens with zero attached hydrogens (tertiary/aromatic N) is 3. The number of carbonyl (C=O) groups is 2. The number of alkyl halides is 3. The van der Waals surface area contributed by atoms with Gasteiger partial charge in [-0.2, -0.15) is 13.2 Å². The molecule has 0 radical (unpaired) electrons. The lowest BCUT2D eigenvalue weighted by Gasteiger charge is -2.15. The Kier molecular flexibility index (Phi) is 7.49. The molecule has 2 heterocycles. The lowest BCUT2D eigenvalue weighted by Crippen LogP contribution is -2.28. The van der Waals surface area contributed by atoms with Crippen LogP contribution in [-0.2, 0) is 11.2 Å². The molecule has 2 aromatic rings. The third kappa shape index (κ3) is 6.97. The summed E-state index contributed by atoms with van der Waals surface area (Å²) in [5, 5.41) is 2.56. The Hall–Kier alpha value is -2.75. The van der Waals surface area contributed by atoms with E-state index in [-0.39, 0.29) is 34.6 Å². The van der Waals surface area contributed by atoms with E-state index in [4.69, 9.17) is 11.6 Å². The molecule has 1 atom stereocenters. The highest BCUT2D eigenvalue weighted by atomic mass is 35.5. The third-order valence-electron chi connectivity index (χ3n) is 3.74. The van der Waals surface area contributed by atoms with Gasteiger partial charge in [-0.05, 0) is 24.6 Å². The molecule has 0 bridgehead atoms. The first kappa shape index (κ1) is 22.5. The highest BCUT2D eigenvalue weighted by molar-refractivity contribution is 6.31. The van der Waals surface area contributed by atoms with Gasteiger partial charge in [0.05, 0.1) is 12.5 Å². The molecule has 0 aromatic carbocycles. The van der Waals surface area contributed by atoms with E-state index in [1.165, 1.54) is 24.5 Å². The summed E-state index contributed by atoms with van der Waals surface area (Å²) in [5.41, 5.74) is 0.535. The van der Waals surface area contributed by atoms with Crippen molar-refractivity contribution in [2.24, 2.45) is 0 Å². The lowest BCUT2D eigenvalue weighted by atomic mass is 10.1. The van der Waals surface area contributed by atoms with Gasteiger partial charge in [-0.1, -0.05) is 18.5 Å². The van der Waals surface area contributed by atoms with Crippen molar-refractivity contribution in [3.63, 3.8) is 0 Å². The zero-order valence-corrected chi connectivity index (χ0v) is 16.3. The fourth-order valence-electron chi connectivity index (χ4n) is 2.20. The molecule has 2 rings (SSSR count). The van der Waals surface area contributed by atoms with Gasteiger partial charge in [-0.3, -0.25) is 9.59 Å². The second-order valence-corrected chi connectivity index (χ2v) is 6.49. The van der Waals surface area contributed by atoms with E-state index >= 15 is 0 Å². The summed E-state index contributed by atoms with van der Waals surface area (Å²) in [6.07, 6.45) is -1.49. The van der Waals surface area contributed by atoms with Crippen molar-refractivity contribution < 1.29 is 27.5 Å².